The molecule has 1 amide bonds. The minimum atomic E-state index is -0.780. The first-order valence-electron chi connectivity index (χ1n) is 6.66. The number of amides is 1. The van der Waals surface area contributed by atoms with Crippen LogP contribution in [0.5, 0.6) is 0 Å². The molecule has 1 aromatic carbocycles. The number of hydrogen-bond acceptors (Lipinski definition) is 3. The molecule has 2 rings (SSSR count). The van der Waals surface area contributed by atoms with Crippen LogP contribution in [0.3, 0.4) is 0 Å². The van der Waals surface area contributed by atoms with Gasteiger partial charge in [-0.05, 0) is 37.4 Å². The van der Waals surface area contributed by atoms with Gasteiger partial charge in [0, 0.05) is 19.2 Å². The Morgan fingerprint density at radius 2 is 2.25 bits per heavy atom. The molecule has 4 nitrogen and oxygen atoms in total. The second-order valence-electron chi connectivity index (χ2n) is 5.07. The number of rotatable bonds is 5. The molecule has 0 radical (unpaired) electrons. The van der Waals surface area contributed by atoms with E-state index < -0.39 is 11.6 Å². The second kappa shape index (κ2) is 6.76. The third kappa shape index (κ3) is 3.98. The highest BCUT2D eigenvalue weighted by Crippen LogP contribution is 2.19. The molecule has 2 N–H and O–H groups in total. The summed E-state index contributed by atoms with van der Waals surface area (Å²) < 4.78 is 26.1. The van der Waals surface area contributed by atoms with Gasteiger partial charge in [-0.15, -0.1) is 0 Å². The van der Waals surface area contributed by atoms with E-state index in [4.69, 9.17) is 5.11 Å². The first kappa shape index (κ1) is 14.9. The van der Waals surface area contributed by atoms with Gasteiger partial charge in [-0.25, -0.2) is 8.78 Å². The summed E-state index contributed by atoms with van der Waals surface area (Å²) in [6.45, 7) is 1.90. The predicted molar refractivity (Wildman–Crippen MR) is 71.2 cm³/mol. The zero-order chi connectivity index (χ0) is 14.5. The second-order valence-corrected chi connectivity index (χ2v) is 5.07. The van der Waals surface area contributed by atoms with Crippen LogP contribution in [0.4, 0.5) is 14.5 Å². The monoisotopic (exact) mass is 284 g/mol. The average molecular weight is 284 g/mol. The quantitative estimate of drug-likeness (QED) is 0.863. The zero-order valence-corrected chi connectivity index (χ0v) is 11.1. The number of halogens is 2. The number of anilines is 1. The van der Waals surface area contributed by atoms with Crippen molar-refractivity contribution in [3.05, 3.63) is 29.8 Å². The van der Waals surface area contributed by atoms with E-state index in [9.17, 15) is 13.6 Å². The summed E-state index contributed by atoms with van der Waals surface area (Å²) in [5.41, 5.74) is -0.0116. The minimum absolute atomic E-state index is 0.0116. The Hall–Kier alpha value is -1.53. The van der Waals surface area contributed by atoms with Crippen LogP contribution >= 0.6 is 0 Å². The zero-order valence-electron chi connectivity index (χ0n) is 11.1. The fraction of sp³-hybridized carbons (Fsp3) is 0.500. The van der Waals surface area contributed by atoms with Crippen LogP contribution < -0.4 is 5.32 Å². The maximum atomic E-state index is 13.4. The van der Waals surface area contributed by atoms with Crippen LogP contribution in [0.2, 0.25) is 0 Å². The molecule has 0 saturated carbocycles. The summed E-state index contributed by atoms with van der Waals surface area (Å²) in [5, 5.41) is 11.3. The molecule has 0 spiro atoms. The molecule has 1 fully saturated rings. The number of aliphatic hydroxyl groups is 1. The smallest absolute Gasteiger partial charge is 0.238 e. The van der Waals surface area contributed by atoms with Gasteiger partial charge in [0.1, 0.15) is 11.6 Å². The number of aliphatic hydroxyl groups excluding tert-OH is 1. The summed E-state index contributed by atoms with van der Waals surface area (Å²) in [7, 11) is 0. The predicted octanol–water partition coefficient (Wildman–Crippen LogP) is 1.61. The first-order valence-corrected chi connectivity index (χ1v) is 6.66. The molecular weight excluding hydrogens is 266 g/mol. The van der Waals surface area contributed by atoms with E-state index in [1.165, 1.54) is 6.07 Å². The Labute approximate surface area is 116 Å². The van der Waals surface area contributed by atoms with E-state index in [1.807, 2.05) is 4.90 Å². The van der Waals surface area contributed by atoms with E-state index in [0.29, 0.717) is 5.92 Å². The van der Waals surface area contributed by atoms with Gasteiger partial charge in [0.2, 0.25) is 5.91 Å². The Bertz CT molecular complexity index is 482. The summed E-state index contributed by atoms with van der Waals surface area (Å²) >= 11 is 0. The summed E-state index contributed by atoms with van der Waals surface area (Å²) in [6, 6.07) is 3.05. The molecule has 6 heteroatoms. The number of nitrogens with one attached hydrogen (secondary N) is 1. The lowest BCUT2D eigenvalue weighted by Gasteiger charge is -2.15. The van der Waals surface area contributed by atoms with Crippen molar-refractivity contribution >= 4 is 11.6 Å². The Morgan fingerprint density at radius 1 is 1.45 bits per heavy atom. The average Bonchev–Trinajstić information content (AvgIpc) is 2.81. The van der Waals surface area contributed by atoms with Crippen molar-refractivity contribution in [3.8, 4) is 0 Å². The van der Waals surface area contributed by atoms with Gasteiger partial charge in [-0.2, -0.15) is 0 Å². The molecule has 0 aromatic heterocycles. The van der Waals surface area contributed by atoms with Crippen molar-refractivity contribution < 1.29 is 18.7 Å². The van der Waals surface area contributed by atoms with Gasteiger partial charge >= 0.3 is 0 Å². The number of carbonyl (C=O) groups excluding carboxylic acids is 1. The Balaban J connectivity index is 1.84. The number of hydrogen-bond donors (Lipinski definition) is 2. The van der Waals surface area contributed by atoms with Crippen LogP contribution in [0.1, 0.15) is 12.8 Å². The lowest BCUT2D eigenvalue weighted by atomic mass is 10.1. The molecule has 1 saturated heterocycles. The van der Waals surface area contributed by atoms with Crippen molar-refractivity contribution in [2.24, 2.45) is 5.92 Å². The van der Waals surface area contributed by atoms with E-state index in [-0.39, 0.29) is 24.7 Å². The van der Waals surface area contributed by atoms with Gasteiger partial charge in [0.05, 0.1) is 12.2 Å². The van der Waals surface area contributed by atoms with Crippen LogP contribution in [0.25, 0.3) is 0 Å². The summed E-state index contributed by atoms with van der Waals surface area (Å²) in [6.07, 6.45) is 1.70. The number of nitrogens with zero attached hydrogens (tertiary/aromatic N) is 1. The lowest BCUT2D eigenvalue weighted by Crippen LogP contribution is -2.31. The maximum Gasteiger partial charge on any atom is 0.238 e. The molecule has 0 aliphatic carbocycles. The van der Waals surface area contributed by atoms with E-state index in [1.54, 1.807) is 0 Å². The number of benzene rings is 1. The molecule has 0 bridgehead atoms. The standard InChI is InChI=1S/C14H18F2N2O2/c15-11-1-2-13(12(16)7-11)17-14(20)9-18-5-3-10(8-18)4-6-19/h1-2,7,10,19H,3-6,8-9H2,(H,17,20). The fourth-order valence-corrected chi connectivity index (χ4v) is 2.46. The van der Waals surface area contributed by atoms with Crippen molar-refractivity contribution in [2.75, 3.05) is 31.6 Å². The van der Waals surface area contributed by atoms with Crippen molar-refractivity contribution in [3.63, 3.8) is 0 Å². The SMILES string of the molecule is O=C(CN1CCC(CCO)C1)Nc1ccc(F)cc1F. The van der Waals surface area contributed by atoms with Gasteiger partial charge < -0.3 is 10.4 Å². The van der Waals surface area contributed by atoms with E-state index >= 15 is 0 Å². The van der Waals surface area contributed by atoms with E-state index in [0.717, 1.165) is 38.1 Å². The highest BCUT2D eigenvalue weighted by Gasteiger charge is 2.23. The number of likely N-dealkylation sites (tertiary alicyclic amines) is 1. The van der Waals surface area contributed by atoms with Gasteiger partial charge in [0.25, 0.3) is 0 Å². The Morgan fingerprint density at radius 3 is 2.95 bits per heavy atom. The van der Waals surface area contributed by atoms with Gasteiger partial charge in [-0.3, -0.25) is 9.69 Å². The largest absolute Gasteiger partial charge is 0.396 e. The molecule has 1 heterocycles. The molecule has 1 atom stereocenters. The first-order chi connectivity index (χ1) is 9.58. The Kier molecular flexibility index (Phi) is 5.03. The minimum Gasteiger partial charge on any atom is -0.396 e. The third-order valence-electron chi connectivity index (χ3n) is 3.48. The van der Waals surface area contributed by atoms with Crippen LogP contribution in [0, 0.1) is 17.6 Å². The molecular formula is C14H18F2N2O2. The van der Waals surface area contributed by atoms with Crippen molar-refractivity contribution in [2.45, 2.75) is 12.8 Å². The lowest BCUT2D eigenvalue weighted by molar-refractivity contribution is -0.117. The molecule has 1 aromatic rings. The van der Waals surface area contributed by atoms with Crippen molar-refractivity contribution in [1.82, 2.24) is 4.90 Å². The molecule has 1 aliphatic rings. The fourth-order valence-electron chi connectivity index (χ4n) is 2.46. The van der Waals surface area contributed by atoms with Gasteiger partial charge in [0.15, 0.2) is 0 Å². The van der Waals surface area contributed by atoms with Crippen LogP contribution in [-0.4, -0.2) is 42.2 Å². The van der Waals surface area contributed by atoms with Crippen molar-refractivity contribution in [1.29, 1.82) is 0 Å². The highest BCUT2D eigenvalue weighted by molar-refractivity contribution is 5.92. The third-order valence-corrected chi connectivity index (χ3v) is 3.48. The van der Waals surface area contributed by atoms with Gasteiger partial charge in [-0.1, -0.05) is 0 Å². The van der Waals surface area contributed by atoms with E-state index in [2.05, 4.69) is 5.32 Å². The maximum absolute atomic E-state index is 13.4. The number of carbonyl (C=O) groups is 1. The summed E-state index contributed by atoms with van der Waals surface area (Å²) in [4.78, 5) is 13.8. The molecule has 20 heavy (non-hydrogen) atoms. The topological polar surface area (TPSA) is 52.6 Å². The molecule has 1 aliphatic heterocycles. The van der Waals surface area contributed by atoms with Crippen LogP contribution in [0.15, 0.2) is 18.2 Å². The summed E-state index contributed by atoms with van der Waals surface area (Å²) in [5.74, 6) is -1.36. The normalized spacial score (nSPS) is 19.2. The highest BCUT2D eigenvalue weighted by atomic mass is 19.1. The molecule has 1 unspecified atom stereocenters. The molecule has 110 valence electrons. The van der Waals surface area contributed by atoms with Crippen LogP contribution in [-0.2, 0) is 4.79 Å².